The van der Waals surface area contributed by atoms with Gasteiger partial charge in [0.05, 0.1) is 6.54 Å². The summed E-state index contributed by atoms with van der Waals surface area (Å²) in [5, 5.41) is 4.01. The molecule has 0 aliphatic carbocycles. The van der Waals surface area contributed by atoms with Gasteiger partial charge in [0.2, 0.25) is 0 Å². The number of halogens is 2. The zero-order chi connectivity index (χ0) is 9.14. The summed E-state index contributed by atoms with van der Waals surface area (Å²) in [4.78, 5) is 0. The molecule has 66 valence electrons. The summed E-state index contributed by atoms with van der Waals surface area (Å²) in [5.74, 6) is 0.506. The van der Waals surface area contributed by atoms with Gasteiger partial charge in [-0.2, -0.15) is 5.10 Å². The van der Waals surface area contributed by atoms with Gasteiger partial charge >= 0.3 is 0 Å². The summed E-state index contributed by atoms with van der Waals surface area (Å²) in [6, 6.07) is 1.79. The molecule has 0 aliphatic heterocycles. The molecule has 1 rings (SSSR count). The van der Waals surface area contributed by atoms with Crippen LogP contribution < -0.4 is 5.73 Å². The number of nitrogen functional groups attached to an aromatic ring is 1. The second-order valence-electron chi connectivity index (χ2n) is 2.39. The molecular weight excluding hydrogens is 197 g/mol. The summed E-state index contributed by atoms with van der Waals surface area (Å²) in [7, 11) is 0. The van der Waals surface area contributed by atoms with Crippen molar-refractivity contribution in [3.05, 3.63) is 22.3 Å². The molecule has 0 saturated heterocycles. The highest BCUT2D eigenvalue weighted by atomic mass is 35.5. The van der Waals surface area contributed by atoms with Crippen LogP contribution in [0.15, 0.2) is 16.6 Å². The van der Waals surface area contributed by atoms with E-state index < -0.39 is 0 Å². The van der Waals surface area contributed by atoms with Gasteiger partial charge in [-0.15, -0.1) is 0 Å². The fourth-order valence-corrected chi connectivity index (χ4v) is 1.01. The van der Waals surface area contributed by atoms with Gasteiger partial charge in [-0.25, -0.2) is 0 Å². The van der Waals surface area contributed by atoms with Crippen molar-refractivity contribution in [2.24, 2.45) is 0 Å². The highest BCUT2D eigenvalue weighted by Gasteiger charge is 1.98. The maximum absolute atomic E-state index is 5.47. The first-order valence-corrected chi connectivity index (χ1v) is 4.16. The molecule has 0 amide bonds. The summed E-state index contributed by atoms with van der Waals surface area (Å²) in [5.41, 5.74) is 6.45. The fraction of sp³-hybridized carbons (Fsp3) is 0.286. The number of nitrogens with two attached hydrogens (primary N) is 1. The molecule has 3 nitrogen and oxygen atoms in total. The van der Waals surface area contributed by atoms with E-state index in [2.05, 4.69) is 5.10 Å². The van der Waals surface area contributed by atoms with Crippen LogP contribution in [0.5, 0.6) is 0 Å². The minimum Gasteiger partial charge on any atom is -0.382 e. The first-order valence-electron chi connectivity index (χ1n) is 3.40. The van der Waals surface area contributed by atoms with Gasteiger partial charge < -0.3 is 5.73 Å². The van der Waals surface area contributed by atoms with Crippen molar-refractivity contribution in [3.63, 3.8) is 0 Å². The minimum atomic E-state index is 0.239. The Balaban J connectivity index is 2.75. The van der Waals surface area contributed by atoms with Gasteiger partial charge in [0.15, 0.2) is 0 Å². The fourth-order valence-electron chi connectivity index (χ4n) is 0.876. The predicted octanol–water partition coefficient (Wildman–Crippen LogP) is 2.09. The summed E-state index contributed by atoms with van der Waals surface area (Å²) in [6.45, 7) is 2.46. The van der Waals surface area contributed by atoms with Crippen molar-refractivity contribution in [3.8, 4) is 0 Å². The van der Waals surface area contributed by atoms with E-state index in [0.717, 1.165) is 5.69 Å². The molecule has 12 heavy (non-hydrogen) atoms. The molecule has 0 aliphatic rings. The third-order valence-electron chi connectivity index (χ3n) is 1.42. The van der Waals surface area contributed by atoms with Crippen molar-refractivity contribution in [2.45, 2.75) is 13.5 Å². The third-order valence-corrected chi connectivity index (χ3v) is 1.73. The largest absolute Gasteiger partial charge is 0.382 e. The topological polar surface area (TPSA) is 43.8 Å². The van der Waals surface area contributed by atoms with Gasteiger partial charge in [0.25, 0.3) is 0 Å². The van der Waals surface area contributed by atoms with Crippen LogP contribution in [0.1, 0.15) is 5.69 Å². The SMILES string of the molecule is Cc1cc(N)nn1CC=C(Cl)Cl. The van der Waals surface area contributed by atoms with E-state index in [1.807, 2.05) is 6.92 Å². The number of rotatable bonds is 2. The van der Waals surface area contributed by atoms with Crippen molar-refractivity contribution in [2.75, 3.05) is 5.73 Å². The average Bonchev–Trinajstić information content (AvgIpc) is 2.26. The molecule has 0 atom stereocenters. The first-order chi connectivity index (χ1) is 5.59. The molecule has 0 fully saturated rings. The number of hydrogen-bond donors (Lipinski definition) is 1. The summed E-state index contributed by atoms with van der Waals surface area (Å²) >= 11 is 10.9. The molecule has 0 radical (unpaired) electrons. The van der Waals surface area contributed by atoms with Crippen molar-refractivity contribution >= 4 is 29.0 Å². The van der Waals surface area contributed by atoms with E-state index in [-0.39, 0.29) is 4.49 Å². The molecule has 0 bridgehead atoms. The quantitative estimate of drug-likeness (QED) is 0.804. The van der Waals surface area contributed by atoms with Crippen LogP contribution in [0.3, 0.4) is 0 Å². The number of aryl methyl sites for hydroxylation is 1. The van der Waals surface area contributed by atoms with Crippen LogP contribution in [0.2, 0.25) is 0 Å². The Kier molecular flexibility index (Phi) is 3.00. The van der Waals surface area contributed by atoms with Crippen LogP contribution in [0.25, 0.3) is 0 Å². The van der Waals surface area contributed by atoms with Gasteiger partial charge in [-0.3, -0.25) is 4.68 Å². The van der Waals surface area contributed by atoms with Gasteiger partial charge in [-0.1, -0.05) is 23.2 Å². The smallest absolute Gasteiger partial charge is 0.145 e. The van der Waals surface area contributed by atoms with Crippen LogP contribution in [-0.2, 0) is 6.54 Å². The highest BCUT2D eigenvalue weighted by molar-refractivity contribution is 6.55. The van der Waals surface area contributed by atoms with Gasteiger partial charge in [0.1, 0.15) is 10.3 Å². The normalized spacial score (nSPS) is 9.92. The Morgan fingerprint density at radius 3 is 2.83 bits per heavy atom. The van der Waals surface area contributed by atoms with Crippen molar-refractivity contribution in [1.29, 1.82) is 0 Å². The molecule has 0 unspecified atom stereocenters. The third kappa shape index (κ3) is 2.43. The Morgan fingerprint density at radius 2 is 2.42 bits per heavy atom. The lowest BCUT2D eigenvalue weighted by molar-refractivity contribution is 0.682. The molecule has 2 N–H and O–H groups in total. The molecule has 1 heterocycles. The standard InChI is InChI=1S/C7H9Cl2N3/c1-5-4-7(10)11-12(5)3-2-6(8)9/h2,4H,3H2,1H3,(H2,10,11). The summed E-state index contributed by atoms with van der Waals surface area (Å²) < 4.78 is 1.96. The van der Waals surface area contributed by atoms with Crippen LogP contribution in [0.4, 0.5) is 5.82 Å². The first kappa shape index (κ1) is 9.42. The maximum Gasteiger partial charge on any atom is 0.145 e. The zero-order valence-electron chi connectivity index (χ0n) is 6.59. The number of anilines is 1. The lowest BCUT2D eigenvalue weighted by atomic mass is 10.4. The lowest BCUT2D eigenvalue weighted by Gasteiger charge is -1.97. The molecule has 0 spiro atoms. The second-order valence-corrected chi connectivity index (χ2v) is 3.39. The zero-order valence-corrected chi connectivity index (χ0v) is 8.10. The molecule has 1 aromatic rings. The molecule has 0 saturated carbocycles. The van der Waals surface area contributed by atoms with Crippen molar-refractivity contribution < 1.29 is 0 Å². The molecular formula is C7H9Cl2N3. The maximum atomic E-state index is 5.47. The Bertz CT molecular complexity index is 300. The Morgan fingerprint density at radius 1 is 1.75 bits per heavy atom. The number of hydrogen-bond acceptors (Lipinski definition) is 2. The van der Waals surface area contributed by atoms with E-state index >= 15 is 0 Å². The van der Waals surface area contributed by atoms with Crippen molar-refractivity contribution in [1.82, 2.24) is 9.78 Å². The molecule has 0 aromatic carbocycles. The lowest BCUT2D eigenvalue weighted by Crippen LogP contribution is -2.00. The van der Waals surface area contributed by atoms with Crippen LogP contribution in [0, 0.1) is 6.92 Å². The van der Waals surface area contributed by atoms with Crippen LogP contribution >= 0.6 is 23.2 Å². The van der Waals surface area contributed by atoms with Gasteiger partial charge in [0, 0.05) is 11.8 Å². The Hall–Kier alpha value is -0.670. The number of allylic oxidation sites excluding steroid dienone is 1. The Labute approximate surface area is 80.8 Å². The van der Waals surface area contributed by atoms with E-state index in [0.29, 0.717) is 12.4 Å². The second kappa shape index (κ2) is 3.83. The number of aromatic nitrogens is 2. The van der Waals surface area contributed by atoms with Crippen LogP contribution in [-0.4, -0.2) is 9.78 Å². The highest BCUT2D eigenvalue weighted by Crippen LogP contribution is 2.09. The van der Waals surface area contributed by atoms with E-state index in [1.165, 1.54) is 0 Å². The molecule has 1 aromatic heterocycles. The number of nitrogens with zero attached hydrogens (tertiary/aromatic N) is 2. The minimum absolute atomic E-state index is 0.239. The average molecular weight is 206 g/mol. The molecule has 5 heteroatoms. The van der Waals surface area contributed by atoms with E-state index in [1.54, 1.807) is 16.8 Å². The monoisotopic (exact) mass is 205 g/mol. The summed E-state index contributed by atoms with van der Waals surface area (Å²) in [6.07, 6.45) is 1.66. The van der Waals surface area contributed by atoms with Gasteiger partial charge in [-0.05, 0) is 13.0 Å². The van der Waals surface area contributed by atoms with E-state index in [4.69, 9.17) is 28.9 Å². The predicted molar refractivity (Wildman–Crippen MR) is 51.2 cm³/mol. The van der Waals surface area contributed by atoms with E-state index in [9.17, 15) is 0 Å².